The van der Waals surface area contributed by atoms with Crippen LogP contribution in [0, 0.1) is 0 Å². The molecule has 0 spiro atoms. The van der Waals surface area contributed by atoms with E-state index in [0.717, 1.165) is 0 Å². The van der Waals surface area contributed by atoms with Crippen molar-refractivity contribution in [3.63, 3.8) is 0 Å². The van der Waals surface area contributed by atoms with E-state index in [0.29, 0.717) is 0 Å². The van der Waals surface area contributed by atoms with E-state index in [4.69, 9.17) is 0 Å². The summed E-state index contributed by atoms with van der Waals surface area (Å²) in [5.41, 5.74) is 7.94. The molecule has 0 aromatic rings. The van der Waals surface area contributed by atoms with E-state index in [-0.39, 0.29) is 0 Å². The molecule has 0 amide bonds. The fraction of sp³-hybridized carbons (Fsp3) is 0.286. The molecule has 1 heteroatoms. The summed E-state index contributed by atoms with van der Waals surface area (Å²) in [5, 5.41) is 0. The molecule has 0 bridgehead atoms. The van der Waals surface area contributed by atoms with Crippen molar-refractivity contribution >= 4 is 16.2 Å². The van der Waals surface area contributed by atoms with Gasteiger partial charge < -0.3 is 0 Å². The zero-order valence-electron chi connectivity index (χ0n) is 5.31. The number of rotatable bonds is 1. The molecule has 1 aliphatic rings. The van der Waals surface area contributed by atoms with Crippen LogP contribution in [0.25, 0.3) is 0 Å². The van der Waals surface area contributed by atoms with Crippen LogP contribution in [0.15, 0.2) is 28.1 Å². The van der Waals surface area contributed by atoms with Crippen LogP contribution in [0.3, 0.4) is 0 Å². The van der Waals surface area contributed by atoms with Gasteiger partial charge in [-0.2, -0.15) is 0 Å². The molecule has 0 atom stereocenters. The van der Waals surface area contributed by atoms with Gasteiger partial charge in [0.25, 0.3) is 0 Å². The van der Waals surface area contributed by atoms with Crippen LogP contribution < -0.4 is 0 Å². The van der Waals surface area contributed by atoms with Gasteiger partial charge in [0, 0.05) is 0 Å². The Labute approximate surface area is 55.6 Å². The summed E-state index contributed by atoms with van der Waals surface area (Å²) in [4.78, 5) is 0. The predicted molar refractivity (Wildman–Crippen MR) is 38.2 cm³/mol. The summed E-state index contributed by atoms with van der Waals surface area (Å²) in [6, 6.07) is 0. The Hall–Kier alpha value is -0.104. The van der Waals surface area contributed by atoms with Crippen molar-refractivity contribution in [3.8, 4) is 0 Å². The molecule has 0 nitrogen and oxygen atoms in total. The molecule has 0 aliphatic heterocycles. The summed E-state index contributed by atoms with van der Waals surface area (Å²) in [6.07, 6.45) is 6.26. The Morgan fingerprint density at radius 2 is 2.25 bits per heavy atom. The minimum atomic E-state index is -0.943. The van der Waals surface area contributed by atoms with Crippen molar-refractivity contribution in [2.75, 3.05) is 0 Å². The third kappa shape index (κ3) is 1.19. The van der Waals surface area contributed by atoms with E-state index in [2.05, 4.69) is 28.8 Å². The van der Waals surface area contributed by atoms with Gasteiger partial charge in [-0.25, -0.2) is 0 Å². The van der Waals surface area contributed by atoms with Crippen molar-refractivity contribution in [3.05, 3.63) is 28.1 Å². The molecular formula is C7H9Ga. The van der Waals surface area contributed by atoms with E-state index in [1.807, 2.05) is 6.08 Å². The molecule has 1 aliphatic carbocycles. The van der Waals surface area contributed by atoms with Gasteiger partial charge in [0.05, 0.1) is 0 Å². The molecule has 0 saturated carbocycles. The molecule has 8 heavy (non-hydrogen) atoms. The fourth-order valence-corrected chi connectivity index (χ4v) is 2.65. The maximum atomic E-state index is 3.22. The van der Waals surface area contributed by atoms with E-state index in [1.165, 1.54) is 4.13 Å². The van der Waals surface area contributed by atoms with Gasteiger partial charge in [-0.15, -0.1) is 0 Å². The molecule has 1 rings (SSSR count). The number of hydrogen-bond acceptors (Lipinski definition) is 0. The average Bonchev–Trinajstić information content (AvgIpc) is 2.12. The summed E-state index contributed by atoms with van der Waals surface area (Å²) >= 11 is -0.943. The third-order valence-electron chi connectivity index (χ3n) is 1.24. The maximum absolute atomic E-state index is 3.22. The molecule has 40 valence electrons. The summed E-state index contributed by atoms with van der Waals surface area (Å²) in [7, 11) is 0. The Morgan fingerprint density at radius 3 is 2.50 bits per heavy atom. The van der Waals surface area contributed by atoms with Gasteiger partial charge in [0.2, 0.25) is 0 Å². The van der Waals surface area contributed by atoms with E-state index in [1.54, 1.807) is 0 Å². The summed E-state index contributed by atoms with van der Waals surface area (Å²) < 4.78 is 1.50. The molecule has 0 aromatic heterocycles. The van der Waals surface area contributed by atoms with Crippen molar-refractivity contribution in [1.82, 2.24) is 0 Å². The quantitative estimate of drug-likeness (QED) is 0.409. The molecule has 0 aromatic carbocycles. The minimum absolute atomic E-state index is 0.943. The Bertz CT molecular complexity index is 169. The first kappa shape index (κ1) is 6.02. The Morgan fingerprint density at radius 1 is 1.50 bits per heavy atom. The van der Waals surface area contributed by atoms with Gasteiger partial charge in [-0.1, -0.05) is 0 Å². The second kappa shape index (κ2) is 2.45. The Balaban J connectivity index is 2.74. The predicted octanol–water partition coefficient (Wildman–Crippen LogP) is 1.93. The summed E-state index contributed by atoms with van der Waals surface area (Å²) in [5.74, 6) is 0. The third-order valence-corrected chi connectivity index (χ3v) is 4.61. The van der Waals surface area contributed by atoms with Gasteiger partial charge in [-0.3, -0.25) is 0 Å². The first-order chi connectivity index (χ1) is 3.80. The van der Waals surface area contributed by atoms with Crippen LogP contribution in [-0.4, -0.2) is 16.2 Å². The zero-order valence-corrected chi connectivity index (χ0v) is 7.73. The van der Waals surface area contributed by atoms with Crippen molar-refractivity contribution in [1.29, 1.82) is 0 Å². The summed E-state index contributed by atoms with van der Waals surface area (Å²) in [6.45, 7) is 0. The molecular weight excluding hydrogens is 154 g/mol. The zero-order chi connectivity index (χ0) is 5.98. The van der Waals surface area contributed by atoms with E-state index in [9.17, 15) is 0 Å². The van der Waals surface area contributed by atoms with Crippen LogP contribution in [0.2, 0.25) is 11.0 Å². The van der Waals surface area contributed by atoms with E-state index >= 15 is 0 Å². The molecule has 0 N–H and O–H groups in total. The van der Waals surface area contributed by atoms with Crippen LogP contribution in [-0.2, 0) is 0 Å². The van der Waals surface area contributed by atoms with E-state index < -0.39 is 16.2 Å². The normalized spacial score (nSPS) is 14.5. The second-order valence-corrected chi connectivity index (χ2v) is 8.43. The van der Waals surface area contributed by atoms with Crippen LogP contribution in [0.5, 0.6) is 0 Å². The Kier molecular flexibility index (Phi) is 1.84. The van der Waals surface area contributed by atoms with Crippen molar-refractivity contribution in [2.24, 2.45) is 0 Å². The van der Waals surface area contributed by atoms with Gasteiger partial charge in [-0.05, 0) is 0 Å². The van der Waals surface area contributed by atoms with Gasteiger partial charge >= 0.3 is 55.3 Å². The first-order valence-corrected chi connectivity index (χ1v) is 8.99. The van der Waals surface area contributed by atoms with Crippen LogP contribution >= 0.6 is 0 Å². The molecule has 0 unspecified atom stereocenters. The molecule has 0 radical (unpaired) electrons. The molecule has 0 fully saturated rings. The SMILES string of the molecule is [CH3][Ga]([CH3])[C]1=C=CC=C1. The second-order valence-electron chi connectivity index (χ2n) is 2.28. The van der Waals surface area contributed by atoms with Gasteiger partial charge in [0.1, 0.15) is 0 Å². The van der Waals surface area contributed by atoms with Gasteiger partial charge in [0.15, 0.2) is 0 Å². The average molecular weight is 163 g/mol. The number of allylic oxidation sites excluding steroid dienone is 3. The van der Waals surface area contributed by atoms with Crippen molar-refractivity contribution < 1.29 is 0 Å². The van der Waals surface area contributed by atoms with Crippen LogP contribution in [0.1, 0.15) is 0 Å². The van der Waals surface area contributed by atoms with Crippen molar-refractivity contribution in [2.45, 2.75) is 11.0 Å². The topological polar surface area (TPSA) is 0 Å². The standard InChI is InChI=1S/C5H3.2CH3.Ga/c1-2-4-5-3-1;;;/h1-3H;2*1H3;. The van der Waals surface area contributed by atoms with Crippen LogP contribution in [0.4, 0.5) is 0 Å². The monoisotopic (exact) mass is 162 g/mol. The first-order valence-electron chi connectivity index (χ1n) is 2.94. The fourth-order valence-electron chi connectivity index (χ4n) is 0.703. The molecule has 0 saturated heterocycles. The molecule has 0 heterocycles. The number of hydrogen-bond donors (Lipinski definition) is 0.